The maximum Gasteiger partial charge on any atom is 0.191 e. The number of hydrogen-bond donors (Lipinski definition) is 2. The van der Waals surface area contributed by atoms with Gasteiger partial charge in [-0.3, -0.25) is 14.9 Å². The number of piperidine rings is 1. The highest BCUT2D eigenvalue weighted by atomic mass is 15.2. The van der Waals surface area contributed by atoms with Gasteiger partial charge in [0.2, 0.25) is 0 Å². The van der Waals surface area contributed by atoms with Gasteiger partial charge in [0.05, 0.1) is 5.52 Å². The molecule has 0 aliphatic carbocycles. The van der Waals surface area contributed by atoms with E-state index in [1.807, 2.05) is 19.3 Å². The molecule has 140 valence electrons. The van der Waals surface area contributed by atoms with Crippen LogP contribution in [0.25, 0.3) is 10.9 Å². The maximum atomic E-state index is 4.52. The average Bonchev–Trinajstić information content (AvgIpc) is 2.70. The molecule has 2 N–H and O–H groups in total. The standard InChI is InChI=1S/C21H31N5/c1-3-19-11-4-5-14-26(19)15-13-24-21(22-2)25-16-18-9-6-8-17-10-7-12-23-20(17)18/h6-10,12,19H,3-5,11,13-16H2,1-2H3,(H2,22,24,25). The molecule has 5 nitrogen and oxygen atoms in total. The zero-order chi connectivity index (χ0) is 18.2. The summed E-state index contributed by atoms with van der Waals surface area (Å²) >= 11 is 0. The van der Waals surface area contributed by atoms with Crippen LogP contribution in [0.4, 0.5) is 0 Å². The average molecular weight is 354 g/mol. The Kier molecular flexibility index (Phi) is 6.83. The van der Waals surface area contributed by atoms with Crippen molar-refractivity contribution in [3.63, 3.8) is 0 Å². The molecule has 2 heterocycles. The minimum absolute atomic E-state index is 0.718. The van der Waals surface area contributed by atoms with Gasteiger partial charge in [-0.25, -0.2) is 0 Å². The van der Waals surface area contributed by atoms with Crippen LogP contribution < -0.4 is 10.6 Å². The van der Waals surface area contributed by atoms with E-state index in [1.54, 1.807) is 0 Å². The van der Waals surface area contributed by atoms with E-state index in [0.717, 1.165) is 37.2 Å². The van der Waals surface area contributed by atoms with Crippen molar-refractivity contribution in [2.75, 3.05) is 26.7 Å². The number of pyridine rings is 1. The van der Waals surface area contributed by atoms with Crippen LogP contribution in [0.3, 0.4) is 0 Å². The molecule has 0 spiro atoms. The van der Waals surface area contributed by atoms with Gasteiger partial charge in [0.25, 0.3) is 0 Å². The van der Waals surface area contributed by atoms with Crippen molar-refractivity contribution in [3.8, 4) is 0 Å². The Morgan fingerprint density at radius 2 is 2.12 bits per heavy atom. The second-order valence-electron chi connectivity index (χ2n) is 6.94. The van der Waals surface area contributed by atoms with E-state index in [9.17, 15) is 0 Å². The van der Waals surface area contributed by atoms with Crippen molar-refractivity contribution in [1.82, 2.24) is 20.5 Å². The molecule has 5 heteroatoms. The molecule has 2 aromatic rings. The molecule has 1 unspecified atom stereocenters. The largest absolute Gasteiger partial charge is 0.355 e. The van der Waals surface area contributed by atoms with E-state index in [2.05, 4.69) is 56.7 Å². The van der Waals surface area contributed by atoms with Crippen LogP contribution in [0.1, 0.15) is 38.2 Å². The lowest BCUT2D eigenvalue weighted by Crippen LogP contribution is -2.45. The Morgan fingerprint density at radius 3 is 2.96 bits per heavy atom. The maximum absolute atomic E-state index is 4.52. The first kappa shape index (κ1) is 18.6. The molecule has 0 saturated carbocycles. The van der Waals surface area contributed by atoms with Crippen LogP contribution in [-0.2, 0) is 6.54 Å². The van der Waals surface area contributed by atoms with E-state index >= 15 is 0 Å². The van der Waals surface area contributed by atoms with Crippen LogP contribution in [0, 0.1) is 0 Å². The Balaban J connectivity index is 1.50. The topological polar surface area (TPSA) is 52.5 Å². The number of aliphatic imine (C=N–C) groups is 1. The zero-order valence-corrected chi connectivity index (χ0v) is 16.0. The van der Waals surface area contributed by atoms with Crippen LogP contribution in [-0.4, -0.2) is 48.6 Å². The van der Waals surface area contributed by atoms with Crippen molar-refractivity contribution in [1.29, 1.82) is 0 Å². The van der Waals surface area contributed by atoms with E-state index in [1.165, 1.54) is 43.2 Å². The van der Waals surface area contributed by atoms with E-state index in [0.29, 0.717) is 0 Å². The van der Waals surface area contributed by atoms with Gasteiger partial charge in [0, 0.05) is 44.3 Å². The Morgan fingerprint density at radius 1 is 1.23 bits per heavy atom. The lowest BCUT2D eigenvalue weighted by atomic mass is 10.0. The number of benzene rings is 1. The molecule has 3 rings (SSSR count). The third kappa shape index (κ3) is 4.73. The minimum Gasteiger partial charge on any atom is -0.355 e. The fourth-order valence-electron chi connectivity index (χ4n) is 3.84. The number of guanidine groups is 1. The van der Waals surface area contributed by atoms with Crippen molar-refractivity contribution in [3.05, 3.63) is 42.1 Å². The molecule has 1 aromatic carbocycles. The van der Waals surface area contributed by atoms with Gasteiger partial charge in [0.15, 0.2) is 5.96 Å². The summed E-state index contributed by atoms with van der Waals surface area (Å²) in [4.78, 5) is 11.5. The normalized spacial score (nSPS) is 18.8. The quantitative estimate of drug-likeness (QED) is 0.619. The summed E-state index contributed by atoms with van der Waals surface area (Å²) in [5.41, 5.74) is 2.24. The summed E-state index contributed by atoms with van der Waals surface area (Å²) < 4.78 is 0. The summed E-state index contributed by atoms with van der Waals surface area (Å²) in [5, 5.41) is 8.05. The highest BCUT2D eigenvalue weighted by molar-refractivity contribution is 5.83. The monoisotopic (exact) mass is 353 g/mol. The number of rotatable bonds is 6. The molecule has 1 aromatic heterocycles. The molecule has 0 bridgehead atoms. The number of para-hydroxylation sites is 1. The molecular weight excluding hydrogens is 322 g/mol. The van der Waals surface area contributed by atoms with Crippen LogP contribution in [0.5, 0.6) is 0 Å². The molecule has 0 amide bonds. The van der Waals surface area contributed by atoms with Crippen molar-refractivity contribution in [2.45, 2.75) is 45.2 Å². The van der Waals surface area contributed by atoms with Crippen molar-refractivity contribution in [2.24, 2.45) is 4.99 Å². The number of nitrogens with one attached hydrogen (secondary N) is 2. The summed E-state index contributed by atoms with van der Waals surface area (Å²) in [6, 6.07) is 11.1. The number of likely N-dealkylation sites (tertiary alicyclic amines) is 1. The third-order valence-electron chi connectivity index (χ3n) is 5.30. The van der Waals surface area contributed by atoms with Crippen LogP contribution >= 0.6 is 0 Å². The first-order valence-corrected chi connectivity index (χ1v) is 9.83. The predicted octanol–water partition coefficient (Wildman–Crippen LogP) is 3.16. The smallest absolute Gasteiger partial charge is 0.191 e. The number of aromatic nitrogens is 1. The molecule has 1 atom stereocenters. The molecular formula is C21H31N5. The second-order valence-corrected chi connectivity index (χ2v) is 6.94. The SMILES string of the molecule is CCC1CCCCN1CCNC(=NC)NCc1cccc2cccnc12. The minimum atomic E-state index is 0.718. The second kappa shape index (κ2) is 9.53. The summed E-state index contributed by atoms with van der Waals surface area (Å²) in [5.74, 6) is 0.850. The summed E-state index contributed by atoms with van der Waals surface area (Å²) in [7, 11) is 1.83. The van der Waals surface area contributed by atoms with E-state index in [-0.39, 0.29) is 0 Å². The molecule has 1 aliphatic rings. The predicted molar refractivity (Wildman–Crippen MR) is 109 cm³/mol. The molecule has 1 saturated heterocycles. The highest BCUT2D eigenvalue weighted by Gasteiger charge is 2.19. The molecule has 0 radical (unpaired) electrons. The fraction of sp³-hybridized carbons (Fsp3) is 0.524. The van der Waals surface area contributed by atoms with Crippen molar-refractivity contribution >= 4 is 16.9 Å². The van der Waals surface area contributed by atoms with Gasteiger partial charge in [-0.1, -0.05) is 37.6 Å². The molecule has 1 fully saturated rings. The summed E-state index contributed by atoms with van der Waals surface area (Å²) in [6.45, 7) is 6.25. The van der Waals surface area contributed by atoms with Crippen LogP contribution in [0.2, 0.25) is 0 Å². The van der Waals surface area contributed by atoms with Gasteiger partial charge in [-0.15, -0.1) is 0 Å². The Bertz CT molecular complexity index is 722. The van der Waals surface area contributed by atoms with Gasteiger partial charge < -0.3 is 10.6 Å². The zero-order valence-electron chi connectivity index (χ0n) is 16.0. The lowest BCUT2D eigenvalue weighted by molar-refractivity contribution is 0.147. The first-order valence-electron chi connectivity index (χ1n) is 9.83. The highest BCUT2D eigenvalue weighted by Crippen LogP contribution is 2.18. The third-order valence-corrected chi connectivity index (χ3v) is 5.30. The number of hydrogen-bond acceptors (Lipinski definition) is 3. The Hall–Kier alpha value is -2.14. The van der Waals surface area contributed by atoms with Crippen molar-refractivity contribution < 1.29 is 0 Å². The van der Waals surface area contributed by atoms with Gasteiger partial charge in [-0.2, -0.15) is 0 Å². The Labute approximate surface area is 156 Å². The van der Waals surface area contributed by atoms with E-state index in [4.69, 9.17) is 0 Å². The molecule has 1 aliphatic heterocycles. The van der Waals surface area contributed by atoms with E-state index < -0.39 is 0 Å². The number of fused-ring (bicyclic) bond motifs is 1. The van der Waals surface area contributed by atoms with Crippen LogP contribution in [0.15, 0.2) is 41.5 Å². The number of nitrogens with zero attached hydrogens (tertiary/aromatic N) is 3. The lowest BCUT2D eigenvalue weighted by Gasteiger charge is -2.35. The fourth-order valence-corrected chi connectivity index (χ4v) is 3.84. The van der Waals surface area contributed by atoms with Gasteiger partial charge >= 0.3 is 0 Å². The first-order chi connectivity index (χ1) is 12.8. The van der Waals surface area contributed by atoms with Gasteiger partial charge in [0.1, 0.15) is 0 Å². The summed E-state index contributed by atoms with van der Waals surface area (Å²) in [6.07, 6.45) is 7.16. The molecule has 26 heavy (non-hydrogen) atoms. The van der Waals surface area contributed by atoms with Gasteiger partial charge in [-0.05, 0) is 37.4 Å².